The molecule has 0 N–H and O–H groups in total. The number of hydrogen-bond acceptors (Lipinski definition) is 2. The number of hydrogen-bond donors (Lipinski definition) is 0. The largest absolute Gasteiger partial charge is 0.304 e. The zero-order valence-electron chi connectivity index (χ0n) is 15.7. The topological polar surface area (TPSA) is 40.6 Å². The fourth-order valence-electron chi connectivity index (χ4n) is 3.51. The molecule has 0 bridgehead atoms. The lowest BCUT2D eigenvalue weighted by atomic mass is 10.0. The Morgan fingerprint density at radius 2 is 1.41 bits per heavy atom. The number of amides is 2. The van der Waals surface area contributed by atoms with Crippen LogP contribution in [-0.2, 0) is 11.3 Å². The molecule has 1 atom stereocenters. The summed E-state index contributed by atoms with van der Waals surface area (Å²) >= 11 is 0. The molecule has 6 heteroatoms. The quantitative estimate of drug-likeness (QED) is 0.656. The molecular weight excluding hydrogens is 374 g/mol. The van der Waals surface area contributed by atoms with Crippen LogP contribution in [-0.4, -0.2) is 17.9 Å². The summed E-state index contributed by atoms with van der Waals surface area (Å²) in [5.41, 5.74) is 2.26. The summed E-state index contributed by atoms with van der Waals surface area (Å²) in [7, 11) is 0. The second-order valence-corrected chi connectivity index (χ2v) is 6.90. The molecule has 0 fully saturated rings. The highest BCUT2D eigenvalue weighted by Crippen LogP contribution is 2.37. The molecule has 2 amide bonds. The normalized spacial score (nSPS) is 16.0. The molecule has 3 aromatic carbocycles. The van der Waals surface area contributed by atoms with Gasteiger partial charge >= 0.3 is 0 Å². The number of fused-ring (bicyclic) bond motifs is 1. The fraction of sp³-hybridized carbons (Fsp3) is 0.130. The van der Waals surface area contributed by atoms with Crippen molar-refractivity contribution in [3.05, 3.63) is 95.6 Å². The van der Waals surface area contributed by atoms with Crippen LogP contribution in [0.25, 0.3) is 0 Å². The molecule has 0 aliphatic carbocycles. The van der Waals surface area contributed by atoms with E-state index in [4.69, 9.17) is 0 Å². The minimum Gasteiger partial charge on any atom is -0.304 e. The summed E-state index contributed by atoms with van der Waals surface area (Å²) in [4.78, 5) is 29.3. The number of rotatable bonds is 3. The van der Waals surface area contributed by atoms with E-state index in [1.54, 1.807) is 48.2 Å². The summed E-state index contributed by atoms with van der Waals surface area (Å²) in [5, 5.41) is 0. The third kappa shape index (κ3) is 3.49. The van der Waals surface area contributed by atoms with E-state index in [1.807, 2.05) is 0 Å². The number of carbonyl (C=O) groups excluding carboxylic acids is 2. The fourth-order valence-corrected chi connectivity index (χ4v) is 3.51. The Hall–Kier alpha value is -3.54. The molecule has 3 aromatic rings. The van der Waals surface area contributed by atoms with E-state index in [2.05, 4.69) is 0 Å². The van der Waals surface area contributed by atoms with Crippen LogP contribution in [0.15, 0.2) is 72.8 Å². The van der Waals surface area contributed by atoms with Crippen LogP contribution in [0, 0.1) is 11.6 Å². The van der Waals surface area contributed by atoms with Crippen molar-refractivity contribution in [1.82, 2.24) is 0 Å². The monoisotopic (exact) mass is 392 g/mol. The lowest BCUT2D eigenvalue weighted by molar-refractivity contribution is -0.119. The van der Waals surface area contributed by atoms with Crippen molar-refractivity contribution in [1.29, 1.82) is 0 Å². The molecule has 0 spiro atoms. The van der Waals surface area contributed by atoms with Crippen molar-refractivity contribution in [2.75, 3.05) is 9.80 Å². The second-order valence-electron chi connectivity index (χ2n) is 6.90. The molecule has 0 saturated carbocycles. The van der Waals surface area contributed by atoms with Crippen molar-refractivity contribution in [3.8, 4) is 0 Å². The first-order valence-corrected chi connectivity index (χ1v) is 9.19. The zero-order chi connectivity index (χ0) is 20.5. The average Bonchev–Trinajstić information content (AvgIpc) is 2.73. The van der Waals surface area contributed by atoms with Crippen molar-refractivity contribution < 1.29 is 18.4 Å². The molecule has 0 radical (unpaired) electrons. The molecule has 146 valence electrons. The molecule has 4 rings (SSSR count). The SMILES string of the molecule is C[C@@H]1C(=O)N(Cc2ccc(F)cc2)c2ccccc2N1C(=O)c1ccc(F)cc1. The van der Waals surface area contributed by atoms with Gasteiger partial charge in [0, 0.05) is 5.56 Å². The third-order valence-corrected chi connectivity index (χ3v) is 5.01. The van der Waals surface area contributed by atoms with Gasteiger partial charge in [0.25, 0.3) is 5.91 Å². The van der Waals surface area contributed by atoms with E-state index >= 15 is 0 Å². The Morgan fingerprint density at radius 3 is 2.03 bits per heavy atom. The van der Waals surface area contributed by atoms with Crippen LogP contribution < -0.4 is 9.80 Å². The van der Waals surface area contributed by atoms with Crippen LogP contribution >= 0.6 is 0 Å². The van der Waals surface area contributed by atoms with Gasteiger partial charge < -0.3 is 4.90 Å². The van der Waals surface area contributed by atoms with Gasteiger partial charge in [-0.25, -0.2) is 8.78 Å². The highest BCUT2D eigenvalue weighted by molar-refractivity contribution is 6.17. The maximum atomic E-state index is 13.2. The molecule has 0 aromatic heterocycles. The summed E-state index contributed by atoms with van der Waals surface area (Å²) in [6.07, 6.45) is 0. The van der Waals surface area contributed by atoms with Crippen LogP contribution in [0.2, 0.25) is 0 Å². The second kappa shape index (κ2) is 7.47. The Morgan fingerprint density at radius 1 is 0.862 bits per heavy atom. The van der Waals surface area contributed by atoms with E-state index in [1.165, 1.54) is 41.3 Å². The van der Waals surface area contributed by atoms with Crippen LogP contribution in [0.5, 0.6) is 0 Å². The predicted molar refractivity (Wildman–Crippen MR) is 107 cm³/mol. The van der Waals surface area contributed by atoms with Crippen molar-refractivity contribution in [2.24, 2.45) is 0 Å². The molecule has 1 aliphatic heterocycles. The zero-order valence-corrected chi connectivity index (χ0v) is 15.7. The first-order valence-electron chi connectivity index (χ1n) is 9.19. The molecule has 0 unspecified atom stereocenters. The number of halogens is 2. The smallest absolute Gasteiger partial charge is 0.259 e. The molecular formula is C23H18F2N2O2. The minimum absolute atomic E-state index is 0.247. The average molecular weight is 392 g/mol. The van der Waals surface area contributed by atoms with Gasteiger partial charge in [-0.3, -0.25) is 14.5 Å². The standard InChI is InChI=1S/C23H18F2N2O2/c1-15-22(28)26(14-16-6-10-18(24)11-7-16)20-4-2-3-5-21(20)27(15)23(29)17-8-12-19(25)13-9-17/h2-13,15H,14H2,1H3/t15-/m1/s1. The van der Waals surface area contributed by atoms with E-state index in [-0.39, 0.29) is 24.2 Å². The van der Waals surface area contributed by atoms with Crippen molar-refractivity contribution in [3.63, 3.8) is 0 Å². The molecule has 0 saturated heterocycles. The number of carbonyl (C=O) groups is 2. The van der Waals surface area contributed by atoms with Crippen molar-refractivity contribution >= 4 is 23.2 Å². The van der Waals surface area contributed by atoms with Gasteiger partial charge in [0.05, 0.1) is 17.9 Å². The van der Waals surface area contributed by atoms with Gasteiger partial charge in [0.2, 0.25) is 5.91 Å². The lowest BCUT2D eigenvalue weighted by Gasteiger charge is -2.40. The van der Waals surface area contributed by atoms with E-state index < -0.39 is 11.9 Å². The Kier molecular flexibility index (Phi) is 4.84. The van der Waals surface area contributed by atoms with Gasteiger partial charge in [-0.2, -0.15) is 0 Å². The summed E-state index contributed by atoms with van der Waals surface area (Å²) in [5.74, 6) is -1.40. The Labute approximate surface area is 167 Å². The molecule has 29 heavy (non-hydrogen) atoms. The maximum Gasteiger partial charge on any atom is 0.259 e. The van der Waals surface area contributed by atoms with Crippen LogP contribution in [0.4, 0.5) is 20.2 Å². The molecule has 1 aliphatic rings. The van der Waals surface area contributed by atoms with Gasteiger partial charge in [-0.1, -0.05) is 24.3 Å². The van der Waals surface area contributed by atoms with E-state index in [0.29, 0.717) is 16.9 Å². The van der Waals surface area contributed by atoms with Crippen LogP contribution in [0.1, 0.15) is 22.8 Å². The summed E-state index contributed by atoms with van der Waals surface area (Å²) in [6, 6.07) is 17.6. The van der Waals surface area contributed by atoms with Crippen molar-refractivity contribution in [2.45, 2.75) is 19.5 Å². The maximum absolute atomic E-state index is 13.2. The number of para-hydroxylation sites is 2. The predicted octanol–water partition coefficient (Wildman–Crippen LogP) is 4.55. The Bertz CT molecular complexity index is 1060. The Balaban J connectivity index is 1.73. The van der Waals surface area contributed by atoms with E-state index in [0.717, 1.165) is 5.56 Å². The van der Waals surface area contributed by atoms with Crippen LogP contribution in [0.3, 0.4) is 0 Å². The molecule has 1 heterocycles. The summed E-state index contributed by atoms with van der Waals surface area (Å²) < 4.78 is 26.5. The number of nitrogens with zero attached hydrogens (tertiary/aromatic N) is 2. The summed E-state index contributed by atoms with van der Waals surface area (Å²) in [6.45, 7) is 1.93. The van der Waals surface area contributed by atoms with Gasteiger partial charge in [0.1, 0.15) is 17.7 Å². The lowest BCUT2D eigenvalue weighted by Crippen LogP contribution is -2.54. The first-order chi connectivity index (χ1) is 14.0. The minimum atomic E-state index is -0.747. The van der Waals surface area contributed by atoms with E-state index in [9.17, 15) is 18.4 Å². The first kappa shape index (κ1) is 18.8. The third-order valence-electron chi connectivity index (χ3n) is 5.01. The van der Waals surface area contributed by atoms with Gasteiger partial charge in [-0.15, -0.1) is 0 Å². The highest BCUT2D eigenvalue weighted by atomic mass is 19.1. The molecule has 4 nitrogen and oxygen atoms in total. The van der Waals surface area contributed by atoms with Gasteiger partial charge in [0.15, 0.2) is 0 Å². The number of anilines is 2. The number of benzene rings is 3. The highest BCUT2D eigenvalue weighted by Gasteiger charge is 2.38. The van der Waals surface area contributed by atoms with Gasteiger partial charge in [-0.05, 0) is 61.0 Å².